The predicted octanol–water partition coefficient (Wildman–Crippen LogP) is 4.65. The highest BCUT2D eigenvalue weighted by Crippen LogP contribution is 2.25. The van der Waals surface area contributed by atoms with Crippen molar-refractivity contribution in [2.24, 2.45) is 0 Å². The Morgan fingerprint density at radius 3 is 2.34 bits per heavy atom. The van der Waals surface area contributed by atoms with Gasteiger partial charge in [0.1, 0.15) is 12.6 Å². The van der Waals surface area contributed by atoms with E-state index in [0.29, 0.717) is 10.7 Å². The molecule has 2 amide bonds. The van der Waals surface area contributed by atoms with Gasteiger partial charge in [-0.3, -0.25) is 13.9 Å². The first-order chi connectivity index (χ1) is 16.5. The van der Waals surface area contributed by atoms with Crippen molar-refractivity contribution in [3.8, 4) is 0 Å². The molecule has 3 rings (SSSR count). The molecule has 0 bridgehead atoms. The molecule has 0 aromatic heterocycles. The molecule has 1 atom stereocenters. The first-order valence-electron chi connectivity index (χ1n) is 11.5. The Balaban J connectivity index is 1.88. The van der Waals surface area contributed by atoms with Crippen molar-refractivity contribution in [3.63, 3.8) is 0 Å². The average molecular weight is 585 g/mol. The van der Waals surface area contributed by atoms with Gasteiger partial charge in [-0.05, 0) is 62.1 Å². The number of nitrogens with zero attached hydrogens (tertiary/aromatic N) is 2. The first kappa shape index (κ1) is 27.5. The van der Waals surface area contributed by atoms with Crippen LogP contribution >= 0.6 is 27.5 Å². The third-order valence-electron chi connectivity index (χ3n) is 6.26. The van der Waals surface area contributed by atoms with Gasteiger partial charge in [0, 0.05) is 22.1 Å². The summed E-state index contributed by atoms with van der Waals surface area (Å²) in [5, 5.41) is 3.45. The van der Waals surface area contributed by atoms with Crippen molar-refractivity contribution < 1.29 is 18.0 Å². The van der Waals surface area contributed by atoms with Crippen LogP contribution in [0.3, 0.4) is 0 Å². The van der Waals surface area contributed by atoms with E-state index in [1.165, 1.54) is 11.0 Å². The Hall–Kier alpha value is -2.10. The van der Waals surface area contributed by atoms with E-state index in [1.54, 1.807) is 19.1 Å². The van der Waals surface area contributed by atoms with Crippen LogP contribution in [0, 0.1) is 6.92 Å². The number of anilines is 1. The van der Waals surface area contributed by atoms with Gasteiger partial charge in [-0.25, -0.2) is 8.42 Å². The molecule has 0 unspecified atom stereocenters. The quantitative estimate of drug-likeness (QED) is 0.465. The predicted molar refractivity (Wildman–Crippen MR) is 143 cm³/mol. The van der Waals surface area contributed by atoms with Crippen molar-refractivity contribution in [1.29, 1.82) is 0 Å². The van der Waals surface area contributed by atoms with Crippen LogP contribution in [0.15, 0.2) is 46.9 Å². The minimum absolute atomic E-state index is 0.108. The molecule has 2 aromatic rings. The molecule has 1 saturated carbocycles. The average Bonchev–Trinajstić information content (AvgIpc) is 3.30. The van der Waals surface area contributed by atoms with E-state index >= 15 is 0 Å². The zero-order chi connectivity index (χ0) is 25.8. The number of halogens is 2. The van der Waals surface area contributed by atoms with E-state index in [2.05, 4.69) is 21.2 Å². The smallest absolute Gasteiger partial charge is 0.244 e. The summed E-state index contributed by atoms with van der Waals surface area (Å²) in [7, 11) is -3.80. The number of carbonyl (C=O) groups is 2. The zero-order valence-electron chi connectivity index (χ0n) is 20.1. The van der Waals surface area contributed by atoms with Crippen molar-refractivity contribution in [1.82, 2.24) is 10.2 Å². The topological polar surface area (TPSA) is 86.8 Å². The van der Waals surface area contributed by atoms with E-state index in [4.69, 9.17) is 11.6 Å². The summed E-state index contributed by atoms with van der Waals surface area (Å²) in [4.78, 5) is 28.1. The fraction of sp³-hybridized carbons (Fsp3) is 0.440. The molecule has 190 valence electrons. The third kappa shape index (κ3) is 7.44. The summed E-state index contributed by atoms with van der Waals surface area (Å²) in [5.41, 5.74) is 1.92. The maximum absolute atomic E-state index is 13.6. The number of hydrogen-bond donors (Lipinski definition) is 1. The van der Waals surface area contributed by atoms with E-state index in [1.807, 2.05) is 31.2 Å². The molecule has 35 heavy (non-hydrogen) atoms. The fourth-order valence-corrected chi connectivity index (χ4v) is 5.39. The van der Waals surface area contributed by atoms with Crippen molar-refractivity contribution in [2.75, 3.05) is 17.1 Å². The maximum Gasteiger partial charge on any atom is 0.244 e. The van der Waals surface area contributed by atoms with Gasteiger partial charge in [-0.1, -0.05) is 58.6 Å². The summed E-state index contributed by atoms with van der Waals surface area (Å²) in [6.45, 7) is 3.20. The highest BCUT2D eigenvalue weighted by molar-refractivity contribution is 9.10. The lowest BCUT2D eigenvalue weighted by atomic mass is 10.1. The highest BCUT2D eigenvalue weighted by Gasteiger charge is 2.31. The third-order valence-corrected chi connectivity index (χ3v) is 8.33. The van der Waals surface area contributed by atoms with Crippen LogP contribution in [0.1, 0.15) is 43.7 Å². The van der Waals surface area contributed by atoms with Crippen LogP contribution in [-0.4, -0.2) is 50.0 Å². The molecule has 1 fully saturated rings. The molecule has 1 N–H and O–H groups in total. The molecule has 0 spiro atoms. The number of rotatable bonds is 9. The summed E-state index contributed by atoms with van der Waals surface area (Å²) in [6.07, 6.45) is 5.04. The molecule has 0 saturated heterocycles. The van der Waals surface area contributed by atoms with Crippen LogP contribution in [0.4, 0.5) is 5.69 Å². The minimum atomic E-state index is -3.80. The standard InChI is InChI=1S/C25H31BrClN3O4S/c1-17-8-13-22(14-23(17)27)30(35(3,33)34)16-24(31)29(15-19-9-11-20(26)12-10-19)18(2)25(32)28-21-6-4-5-7-21/h8-14,18,21H,4-7,15-16H2,1-3H3,(H,28,32)/t18-/m0/s1. The number of hydrogen-bond acceptors (Lipinski definition) is 4. The molecule has 1 aliphatic rings. The van der Waals surface area contributed by atoms with Crippen LogP contribution in [-0.2, 0) is 26.2 Å². The van der Waals surface area contributed by atoms with Crippen LogP contribution < -0.4 is 9.62 Å². The molecular weight excluding hydrogens is 554 g/mol. The Labute approximate surface area is 221 Å². The van der Waals surface area contributed by atoms with E-state index < -0.39 is 28.5 Å². The molecule has 0 radical (unpaired) electrons. The Bertz CT molecular complexity index is 1170. The summed E-state index contributed by atoms with van der Waals surface area (Å²) in [6, 6.07) is 11.6. The Morgan fingerprint density at radius 2 is 1.77 bits per heavy atom. The molecule has 0 aliphatic heterocycles. The van der Waals surface area contributed by atoms with Crippen molar-refractivity contribution in [3.05, 3.63) is 63.1 Å². The van der Waals surface area contributed by atoms with Crippen LogP contribution in [0.5, 0.6) is 0 Å². The lowest BCUT2D eigenvalue weighted by Crippen LogP contribution is -2.52. The number of nitrogens with one attached hydrogen (secondary N) is 1. The van der Waals surface area contributed by atoms with Crippen molar-refractivity contribution in [2.45, 2.75) is 58.2 Å². The van der Waals surface area contributed by atoms with Gasteiger partial charge in [-0.15, -0.1) is 0 Å². The summed E-state index contributed by atoms with van der Waals surface area (Å²) >= 11 is 9.63. The summed E-state index contributed by atoms with van der Waals surface area (Å²) < 4.78 is 27.2. The monoisotopic (exact) mass is 583 g/mol. The second-order valence-electron chi connectivity index (χ2n) is 9.02. The Kier molecular flexibility index (Phi) is 9.23. The van der Waals surface area contributed by atoms with Gasteiger partial charge in [0.15, 0.2) is 0 Å². The number of aryl methyl sites for hydroxylation is 1. The lowest BCUT2D eigenvalue weighted by molar-refractivity contribution is -0.139. The number of carbonyl (C=O) groups excluding carboxylic acids is 2. The first-order valence-corrected chi connectivity index (χ1v) is 14.6. The van der Waals surface area contributed by atoms with Gasteiger partial charge in [0.25, 0.3) is 0 Å². The van der Waals surface area contributed by atoms with Gasteiger partial charge in [0.2, 0.25) is 21.8 Å². The fourth-order valence-electron chi connectivity index (χ4n) is 4.11. The van der Waals surface area contributed by atoms with Gasteiger partial charge < -0.3 is 10.2 Å². The van der Waals surface area contributed by atoms with E-state index in [0.717, 1.165) is 51.8 Å². The SMILES string of the molecule is Cc1ccc(N(CC(=O)N(Cc2ccc(Br)cc2)[C@@H](C)C(=O)NC2CCCC2)S(C)(=O)=O)cc1Cl. The maximum atomic E-state index is 13.6. The van der Waals surface area contributed by atoms with Gasteiger partial charge >= 0.3 is 0 Å². The number of amides is 2. The molecule has 0 heterocycles. The molecule has 1 aliphatic carbocycles. The van der Waals surface area contributed by atoms with E-state index in [9.17, 15) is 18.0 Å². The molecule has 7 nitrogen and oxygen atoms in total. The number of sulfonamides is 1. The van der Waals surface area contributed by atoms with Gasteiger partial charge in [-0.2, -0.15) is 0 Å². The highest BCUT2D eigenvalue weighted by atomic mass is 79.9. The normalized spacial score (nSPS) is 15.0. The largest absolute Gasteiger partial charge is 0.352 e. The second kappa shape index (κ2) is 11.8. The van der Waals surface area contributed by atoms with Crippen molar-refractivity contribution >= 4 is 55.1 Å². The molecule has 10 heteroatoms. The van der Waals surface area contributed by atoms with Crippen LogP contribution in [0.2, 0.25) is 5.02 Å². The van der Waals surface area contributed by atoms with Gasteiger partial charge in [0.05, 0.1) is 11.9 Å². The molecule has 2 aromatic carbocycles. The van der Waals surface area contributed by atoms with Crippen LogP contribution in [0.25, 0.3) is 0 Å². The zero-order valence-corrected chi connectivity index (χ0v) is 23.3. The minimum Gasteiger partial charge on any atom is -0.352 e. The second-order valence-corrected chi connectivity index (χ2v) is 12.2. The van der Waals surface area contributed by atoms with E-state index in [-0.39, 0.29) is 18.5 Å². The lowest BCUT2D eigenvalue weighted by Gasteiger charge is -2.32. The summed E-state index contributed by atoms with van der Waals surface area (Å²) in [5.74, 6) is -0.726. The number of benzene rings is 2. The molecular formula is C25H31BrClN3O4S. The Morgan fingerprint density at radius 1 is 1.14 bits per heavy atom.